The van der Waals surface area contributed by atoms with Crippen LogP contribution in [0.4, 0.5) is 16.2 Å². The van der Waals surface area contributed by atoms with Crippen molar-refractivity contribution < 1.29 is 14.4 Å². The van der Waals surface area contributed by atoms with Crippen molar-refractivity contribution in [1.29, 1.82) is 0 Å². The molecule has 10 heteroatoms. The highest BCUT2D eigenvalue weighted by molar-refractivity contribution is 6.33. The summed E-state index contributed by atoms with van der Waals surface area (Å²) in [5.74, 6) is 1.04. The second-order valence-corrected chi connectivity index (χ2v) is 14.4. The summed E-state index contributed by atoms with van der Waals surface area (Å²) in [6.07, 6.45) is 8.15. The zero-order valence-corrected chi connectivity index (χ0v) is 28.6. The number of likely N-dealkylation sites (tertiary alicyclic amines) is 2. The Bertz CT molecular complexity index is 1430. The van der Waals surface area contributed by atoms with Crippen LogP contribution >= 0.6 is 11.6 Å². The molecule has 9 nitrogen and oxygen atoms in total. The van der Waals surface area contributed by atoms with E-state index in [4.69, 9.17) is 17.3 Å². The van der Waals surface area contributed by atoms with Gasteiger partial charge in [0, 0.05) is 50.9 Å². The molecule has 0 aromatic heterocycles. The Morgan fingerprint density at radius 1 is 0.936 bits per heavy atom. The van der Waals surface area contributed by atoms with Gasteiger partial charge in [-0.25, -0.2) is 4.79 Å². The predicted molar refractivity (Wildman–Crippen MR) is 187 cm³/mol. The van der Waals surface area contributed by atoms with E-state index in [1.54, 1.807) is 0 Å². The van der Waals surface area contributed by atoms with Crippen LogP contribution in [-0.2, 0) is 28.9 Å². The lowest BCUT2D eigenvalue weighted by atomic mass is 9.79. The molecule has 0 aliphatic carbocycles. The number of piperidine rings is 3. The lowest BCUT2D eigenvalue weighted by Crippen LogP contribution is -2.50. The summed E-state index contributed by atoms with van der Waals surface area (Å²) >= 11 is 6.52. The molecule has 4 amide bonds. The van der Waals surface area contributed by atoms with Crippen LogP contribution < -0.4 is 16.4 Å². The van der Waals surface area contributed by atoms with E-state index in [-0.39, 0.29) is 30.3 Å². The monoisotopic (exact) mass is 662 g/mol. The number of nitrogen functional groups attached to an aromatic ring is 1. The average molecular weight is 663 g/mol. The summed E-state index contributed by atoms with van der Waals surface area (Å²) in [7, 11) is 0. The molecule has 47 heavy (non-hydrogen) atoms. The number of hydrogen-bond donors (Lipinski definition) is 3. The molecule has 2 aromatic rings. The average Bonchev–Trinajstić information content (AvgIpc) is 3.27. The van der Waals surface area contributed by atoms with Crippen LogP contribution in [0.5, 0.6) is 0 Å². The quantitative estimate of drug-likeness (QED) is 0.330. The first-order valence-electron chi connectivity index (χ1n) is 17.8. The fourth-order valence-electron chi connectivity index (χ4n) is 8.35. The third kappa shape index (κ3) is 7.89. The minimum absolute atomic E-state index is 0.0105. The number of nitrogens with two attached hydrogens (primary N) is 1. The molecule has 0 spiro atoms. The van der Waals surface area contributed by atoms with Crippen molar-refractivity contribution in [3.05, 3.63) is 58.1 Å². The smallest absolute Gasteiger partial charge is 0.322 e. The van der Waals surface area contributed by atoms with E-state index >= 15 is 0 Å². The summed E-state index contributed by atoms with van der Waals surface area (Å²) in [6, 6.07) is 11.9. The van der Waals surface area contributed by atoms with E-state index in [0.29, 0.717) is 42.7 Å². The molecule has 0 bridgehead atoms. The first kappa shape index (κ1) is 33.6. The fourth-order valence-corrected chi connectivity index (χ4v) is 8.61. The summed E-state index contributed by atoms with van der Waals surface area (Å²) in [6.45, 7) is 7.57. The number of halogens is 1. The van der Waals surface area contributed by atoms with Gasteiger partial charge in [-0.3, -0.25) is 9.59 Å². The molecule has 1 atom stereocenters. The van der Waals surface area contributed by atoms with Gasteiger partial charge in [0.15, 0.2) is 0 Å². The maximum Gasteiger partial charge on any atom is 0.322 e. The van der Waals surface area contributed by atoms with E-state index in [9.17, 15) is 14.4 Å². The first-order chi connectivity index (χ1) is 22.8. The van der Waals surface area contributed by atoms with Crippen molar-refractivity contribution in [2.75, 3.05) is 56.9 Å². The number of fused-ring (bicyclic) bond motifs is 1. The number of nitrogens with one attached hydrogen (secondary N) is 2. The molecule has 4 aliphatic heterocycles. The number of aryl methyl sites for hydroxylation is 1. The second kappa shape index (κ2) is 15.3. The van der Waals surface area contributed by atoms with E-state index < -0.39 is 5.92 Å². The molecule has 0 unspecified atom stereocenters. The van der Waals surface area contributed by atoms with E-state index in [1.807, 2.05) is 52.0 Å². The molecule has 0 radical (unpaired) electrons. The van der Waals surface area contributed by atoms with Crippen molar-refractivity contribution in [3.63, 3.8) is 0 Å². The Balaban J connectivity index is 1.10. The molecule has 4 N–H and O–H groups in total. The molecule has 6 rings (SSSR count). The molecular formula is C37H51ClN6O3. The van der Waals surface area contributed by atoms with Crippen LogP contribution in [0, 0.1) is 17.8 Å². The molecule has 3 saturated heterocycles. The number of anilines is 2. The molecule has 0 saturated carbocycles. The predicted octanol–water partition coefficient (Wildman–Crippen LogP) is 5.35. The maximum atomic E-state index is 14.2. The van der Waals surface area contributed by atoms with Gasteiger partial charge in [-0.15, -0.1) is 0 Å². The Hall–Kier alpha value is -3.30. The number of rotatable bonds is 8. The minimum Gasteiger partial charge on any atom is -0.397 e. The lowest BCUT2D eigenvalue weighted by Gasteiger charge is -2.40. The van der Waals surface area contributed by atoms with E-state index in [0.717, 1.165) is 93.0 Å². The number of hydrogen-bond acceptors (Lipinski definition) is 5. The Morgan fingerprint density at radius 2 is 1.62 bits per heavy atom. The van der Waals surface area contributed by atoms with Gasteiger partial charge in [-0.1, -0.05) is 42.8 Å². The zero-order chi connectivity index (χ0) is 32.9. The first-order valence-corrected chi connectivity index (χ1v) is 18.2. The highest BCUT2D eigenvalue weighted by Gasteiger charge is 2.36. The third-order valence-electron chi connectivity index (χ3n) is 11.2. The largest absolute Gasteiger partial charge is 0.397 e. The van der Waals surface area contributed by atoms with Crippen LogP contribution in [0.3, 0.4) is 0 Å². The second-order valence-electron chi connectivity index (χ2n) is 14.0. The SMILES string of the molecule is CCc1cc(C[C@@H](CC(=O)N2CCC(N3CCc4ccccc4NC3=O)CC2)C(=O)N2CCC(C3CCNCC3)CC2)cc(Cl)c1N. The molecule has 254 valence electrons. The number of urea groups is 1. The van der Waals surface area contributed by atoms with Gasteiger partial charge < -0.3 is 31.1 Å². The van der Waals surface area contributed by atoms with Crippen LogP contribution in [0.25, 0.3) is 0 Å². The number of carbonyl (C=O) groups excluding carboxylic acids is 3. The number of nitrogens with zero attached hydrogens (tertiary/aromatic N) is 3. The van der Waals surface area contributed by atoms with Crippen LogP contribution in [-0.4, -0.2) is 84.4 Å². The summed E-state index contributed by atoms with van der Waals surface area (Å²) in [4.78, 5) is 47.0. The van der Waals surface area contributed by atoms with Crippen molar-refractivity contribution in [1.82, 2.24) is 20.0 Å². The van der Waals surface area contributed by atoms with E-state index in [2.05, 4.69) is 16.7 Å². The van der Waals surface area contributed by atoms with Crippen LogP contribution in [0.2, 0.25) is 5.02 Å². The molecule has 4 heterocycles. The number of benzene rings is 2. The topological polar surface area (TPSA) is 111 Å². The van der Waals surface area contributed by atoms with E-state index in [1.165, 1.54) is 12.8 Å². The van der Waals surface area contributed by atoms with Crippen molar-refractivity contribution in [2.24, 2.45) is 17.8 Å². The Labute approximate surface area is 284 Å². The number of amides is 4. The van der Waals surface area contributed by atoms with Crippen LogP contribution in [0.1, 0.15) is 68.6 Å². The third-order valence-corrected chi connectivity index (χ3v) is 11.5. The van der Waals surface area contributed by atoms with Gasteiger partial charge in [0.2, 0.25) is 11.8 Å². The molecule has 3 fully saturated rings. The maximum absolute atomic E-state index is 14.2. The van der Waals surface area contributed by atoms with Crippen molar-refractivity contribution in [3.8, 4) is 0 Å². The number of para-hydroxylation sites is 1. The zero-order valence-electron chi connectivity index (χ0n) is 27.8. The van der Waals surface area contributed by atoms with Gasteiger partial charge in [-0.05, 0) is 112 Å². The van der Waals surface area contributed by atoms with Crippen molar-refractivity contribution in [2.45, 2.75) is 77.2 Å². The highest BCUT2D eigenvalue weighted by atomic mass is 35.5. The van der Waals surface area contributed by atoms with Gasteiger partial charge in [0.05, 0.1) is 16.6 Å². The lowest BCUT2D eigenvalue weighted by molar-refractivity contribution is -0.143. The van der Waals surface area contributed by atoms with Gasteiger partial charge in [0.1, 0.15) is 0 Å². The standard InChI is InChI=1S/C37H51ClN6O3/c1-2-26-21-25(23-32(38)35(26)39)22-30(36(46)43-16-9-28(10-17-43)27-7-14-40-15-8-27)24-34(45)42-18-12-31(13-19-42)44-20-11-29-5-3-4-6-33(29)41-37(44)47/h3-6,21,23,27-28,30-31,40H,2,7-20,22,24,39H2,1H3,(H,41,47)/t30-/m0/s1. The van der Waals surface area contributed by atoms with Crippen LogP contribution in [0.15, 0.2) is 36.4 Å². The summed E-state index contributed by atoms with van der Waals surface area (Å²) in [5.41, 5.74) is 10.8. The molecule has 4 aliphatic rings. The van der Waals surface area contributed by atoms with Gasteiger partial charge in [-0.2, -0.15) is 0 Å². The fraction of sp³-hybridized carbons (Fsp3) is 0.595. The van der Waals surface area contributed by atoms with Gasteiger partial charge >= 0.3 is 6.03 Å². The Kier molecular flexibility index (Phi) is 10.9. The summed E-state index contributed by atoms with van der Waals surface area (Å²) < 4.78 is 0. The number of carbonyl (C=O) groups is 3. The normalized spacial score (nSPS) is 20.8. The van der Waals surface area contributed by atoms with Crippen molar-refractivity contribution >= 4 is 40.8 Å². The Morgan fingerprint density at radius 3 is 2.34 bits per heavy atom. The molecular weight excluding hydrogens is 612 g/mol. The van der Waals surface area contributed by atoms with Gasteiger partial charge in [0.25, 0.3) is 0 Å². The minimum atomic E-state index is -0.463. The highest BCUT2D eigenvalue weighted by Crippen LogP contribution is 2.33. The molecule has 2 aromatic carbocycles. The summed E-state index contributed by atoms with van der Waals surface area (Å²) in [5, 5.41) is 7.05.